The van der Waals surface area contributed by atoms with E-state index in [4.69, 9.17) is 9.47 Å². The second kappa shape index (κ2) is 6.10. The molecule has 2 aromatic carbocycles. The Morgan fingerprint density at radius 1 is 0.862 bits per heavy atom. The van der Waals surface area contributed by atoms with Crippen molar-refractivity contribution in [2.24, 2.45) is 0 Å². The smallest absolute Gasteiger partial charge is 0.308 e. The monoisotopic (exact) mass is 392 g/mol. The van der Waals surface area contributed by atoms with Crippen LogP contribution in [0.1, 0.15) is 80.8 Å². The Kier molecular flexibility index (Phi) is 4.21. The van der Waals surface area contributed by atoms with E-state index in [-0.39, 0.29) is 22.2 Å². The molecule has 3 nitrogen and oxygen atoms in total. The molecule has 1 spiro atoms. The average molecular weight is 393 g/mol. The minimum atomic E-state index is -0.274. The van der Waals surface area contributed by atoms with Crippen molar-refractivity contribution in [2.75, 3.05) is 7.11 Å². The summed E-state index contributed by atoms with van der Waals surface area (Å²) in [5.74, 6) is 1.32. The van der Waals surface area contributed by atoms with Gasteiger partial charge in [-0.25, -0.2) is 0 Å². The molecule has 2 aliphatic rings. The van der Waals surface area contributed by atoms with Crippen LogP contribution in [0.5, 0.6) is 11.5 Å². The number of ether oxygens (including phenoxy) is 2. The summed E-state index contributed by atoms with van der Waals surface area (Å²) in [5.41, 5.74) is 7.82. The van der Waals surface area contributed by atoms with Gasteiger partial charge in [0.15, 0.2) is 0 Å². The maximum atomic E-state index is 11.7. The lowest BCUT2D eigenvalue weighted by molar-refractivity contribution is -0.131. The topological polar surface area (TPSA) is 35.5 Å². The zero-order chi connectivity index (χ0) is 21.4. The molecule has 0 saturated heterocycles. The Balaban J connectivity index is 2.04. The largest absolute Gasteiger partial charge is 0.497 e. The molecular formula is C26H32O3. The van der Waals surface area contributed by atoms with E-state index in [9.17, 15) is 4.79 Å². The van der Waals surface area contributed by atoms with Crippen molar-refractivity contribution in [1.82, 2.24) is 0 Å². The Morgan fingerprint density at radius 3 is 2.14 bits per heavy atom. The number of aryl methyl sites for hydroxylation is 2. The highest BCUT2D eigenvalue weighted by atomic mass is 16.5. The highest BCUT2D eigenvalue weighted by Crippen LogP contribution is 2.64. The second-order valence-electron chi connectivity index (χ2n) is 10.3. The predicted molar refractivity (Wildman–Crippen MR) is 116 cm³/mol. The van der Waals surface area contributed by atoms with Crippen molar-refractivity contribution >= 4 is 5.97 Å². The molecule has 0 saturated carbocycles. The first-order valence-electron chi connectivity index (χ1n) is 10.4. The Labute approximate surface area is 174 Å². The normalized spacial score (nSPS) is 23.0. The van der Waals surface area contributed by atoms with E-state index in [1.807, 2.05) is 6.92 Å². The van der Waals surface area contributed by atoms with Crippen LogP contribution in [0.3, 0.4) is 0 Å². The van der Waals surface area contributed by atoms with Gasteiger partial charge in [0, 0.05) is 12.3 Å². The number of carbonyl (C=O) groups is 1. The van der Waals surface area contributed by atoms with Crippen LogP contribution >= 0.6 is 0 Å². The summed E-state index contributed by atoms with van der Waals surface area (Å²) in [5, 5.41) is 0. The number of rotatable bonds is 2. The molecule has 0 aliphatic heterocycles. The third-order valence-corrected chi connectivity index (χ3v) is 7.04. The van der Waals surface area contributed by atoms with Gasteiger partial charge in [-0.2, -0.15) is 0 Å². The molecule has 0 radical (unpaired) electrons. The van der Waals surface area contributed by atoms with E-state index in [2.05, 4.69) is 58.9 Å². The molecule has 29 heavy (non-hydrogen) atoms. The molecule has 4 rings (SSSR count). The number of benzene rings is 2. The minimum Gasteiger partial charge on any atom is -0.497 e. The summed E-state index contributed by atoms with van der Waals surface area (Å²) >= 11 is 0. The second-order valence-corrected chi connectivity index (χ2v) is 10.3. The first-order chi connectivity index (χ1) is 13.4. The standard InChI is InChI=1S/C26H32O3/c1-15-10-19-20(12-22(15)29-17(3)27)26(13-24(19,4)5)14-25(6,7)23-16(2)9-18(28-8)11-21(23)26/h9-12H,13-14H2,1-8H3. The number of fused-ring (bicyclic) bond motifs is 4. The van der Waals surface area contributed by atoms with Gasteiger partial charge in [0.05, 0.1) is 7.11 Å². The molecule has 0 bridgehead atoms. The predicted octanol–water partition coefficient (Wildman–Crippen LogP) is 5.89. The average Bonchev–Trinajstić information content (AvgIpc) is 2.95. The summed E-state index contributed by atoms with van der Waals surface area (Å²) in [6.45, 7) is 15.1. The molecule has 0 fully saturated rings. The zero-order valence-electron chi connectivity index (χ0n) is 18.9. The maximum absolute atomic E-state index is 11.7. The van der Waals surface area contributed by atoms with Gasteiger partial charge < -0.3 is 9.47 Å². The van der Waals surface area contributed by atoms with Gasteiger partial charge in [0.1, 0.15) is 11.5 Å². The molecule has 3 heteroatoms. The summed E-state index contributed by atoms with van der Waals surface area (Å²) in [4.78, 5) is 11.7. The number of hydrogen-bond donors (Lipinski definition) is 0. The highest BCUT2D eigenvalue weighted by molar-refractivity contribution is 5.71. The van der Waals surface area contributed by atoms with Gasteiger partial charge in [0.25, 0.3) is 0 Å². The van der Waals surface area contributed by atoms with Crippen molar-refractivity contribution in [3.63, 3.8) is 0 Å². The number of carbonyl (C=O) groups excluding carboxylic acids is 1. The van der Waals surface area contributed by atoms with Crippen LogP contribution in [0.15, 0.2) is 24.3 Å². The van der Waals surface area contributed by atoms with Crippen molar-refractivity contribution in [3.05, 3.63) is 57.6 Å². The van der Waals surface area contributed by atoms with Crippen LogP contribution in [0.2, 0.25) is 0 Å². The van der Waals surface area contributed by atoms with E-state index in [1.54, 1.807) is 7.11 Å². The molecule has 2 aromatic rings. The van der Waals surface area contributed by atoms with Crippen LogP contribution < -0.4 is 9.47 Å². The fraction of sp³-hybridized carbons (Fsp3) is 0.500. The Bertz CT molecular complexity index is 1030. The number of hydrogen-bond acceptors (Lipinski definition) is 3. The molecule has 1 atom stereocenters. The van der Waals surface area contributed by atoms with Gasteiger partial charge in [-0.05, 0) is 89.1 Å². The van der Waals surface area contributed by atoms with Crippen molar-refractivity contribution in [3.8, 4) is 11.5 Å². The van der Waals surface area contributed by atoms with E-state index in [1.165, 1.54) is 34.7 Å². The summed E-state index contributed by atoms with van der Waals surface area (Å²) < 4.78 is 11.2. The lowest BCUT2D eigenvalue weighted by Crippen LogP contribution is -2.27. The van der Waals surface area contributed by atoms with Gasteiger partial charge in [-0.1, -0.05) is 33.8 Å². The van der Waals surface area contributed by atoms with Crippen molar-refractivity contribution < 1.29 is 14.3 Å². The first kappa shape index (κ1) is 20.0. The molecule has 0 heterocycles. The SMILES string of the molecule is COc1cc(C)c2c(c1)C1(CC(C)(C)c3cc(C)c(OC(C)=O)cc31)CC2(C)C. The third kappa shape index (κ3) is 2.81. The maximum Gasteiger partial charge on any atom is 0.308 e. The zero-order valence-corrected chi connectivity index (χ0v) is 18.9. The van der Waals surface area contributed by atoms with Crippen molar-refractivity contribution in [1.29, 1.82) is 0 Å². The third-order valence-electron chi connectivity index (χ3n) is 7.04. The Hall–Kier alpha value is -2.29. The molecule has 154 valence electrons. The molecular weight excluding hydrogens is 360 g/mol. The van der Waals surface area contributed by atoms with Crippen LogP contribution in [0.4, 0.5) is 0 Å². The highest BCUT2D eigenvalue weighted by Gasteiger charge is 2.57. The molecule has 2 aliphatic carbocycles. The lowest BCUT2D eigenvalue weighted by Gasteiger charge is -2.30. The van der Waals surface area contributed by atoms with Crippen LogP contribution in [-0.2, 0) is 21.0 Å². The number of esters is 1. The quantitative estimate of drug-likeness (QED) is 0.472. The van der Waals surface area contributed by atoms with Gasteiger partial charge >= 0.3 is 5.97 Å². The minimum absolute atomic E-state index is 0.0452. The van der Waals surface area contributed by atoms with Gasteiger partial charge in [-0.15, -0.1) is 0 Å². The fourth-order valence-electron chi connectivity index (χ4n) is 6.34. The van der Waals surface area contributed by atoms with E-state index in [0.717, 1.165) is 24.2 Å². The fourth-order valence-corrected chi connectivity index (χ4v) is 6.34. The van der Waals surface area contributed by atoms with E-state index in [0.29, 0.717) is 5.75 Å². The first-order valence-corrected chi connectivity index (χ1v) is 10.4. The molecule has 0 N–H and O–H groups in total. The lowest BCUT2D eigenvalue weighted by atomic mass is 9.72. The molecule has 1 unspecified atom stereocenters. The Morgan fingerprint density at radius 2 is 1.52 bits per heavy atom. The van der Waals surface area contributed by atoms with Crippen molar-refractivity contribution in [2.45, 2.75) is 77.6 Å². The van der Waals surface area contributed by atoms with Gasteiger partial charge in [-0.3, -0.25) is 4.79 Å². The van der Waals surface area contributed by atoms with Gasteiger partial charge in [0.2, 0.25) is 0 Å². The van der Waals surface area contributed by atoms with Crippen LogP contribution in [-0.4, -0.2) is 13.1 Å². The van der Waals surface area contributed by atoms with E-state index >= 15 is 0 Å². The van der Waals surface area contributed by atoms with E-state index < -0.39 is 0 Å². The van der Waals surface area contributed by atoms with Crippen LogP contribution in [0, 0.1) is 13.8 Å². The van der Waals surface area contributed by atoms with Crippen LogP contribution in [0.25, 0.3) is 0 Å². The summed E-state index contributed by atoms with van der Waals surface area (Å²) in [6, 6.07) is 8.77. The summed E-state index contributed by atoms with van der Waals surface area (Å²) in [7, 11) is 1.74. The molecule has 0 aromatic heterocycles. The number of methoxy groups -OCH3 is 1. The molecule has 0 amide bonds. The summed E-state index contributed by atoms with van der Waals surface area (Å²) in [6.07, 6.45) is 2.09.